The van der Waals surface area contributed by atoms with Crippen molar-refractivity contribution in [3.8, 4) is 0 Å². The molecule has 0 saturated carbocycles. The van der Waals surface area contributed by atoms with Gasteiger partial charge in [0, 0.05) is 5.66 Å². The summed E-state index contributed by atoms with van der Waals surface area (Å²) in [4.78, 5) is 11.7. The highest BCUT2D eigenvalue weighted by molar-refractivity contribution is 8.41. The van der Waals surface area contributed by atoms with Crippen LogP contribution in [0.15, 0.2) is 0 Å². The SMILES string of the molecule is CC(C)P(O)(=S)N[P+](=O)S. The first-order valence-corrected chi connectivity index (χ1v) is 7.86. The lowest BCUT2D eigenvalue weighted by Gasteiger charge is -2.12. The Morgan fingerprint density at radius 2 is 2.20 bits per heavy atom. The molecule has 2 N–H and O–H groups in total. The van der Waals surface area contributed by atoms with E-state index < -0.39 is 13.6 Å². The van der Waals surface area contributed by atoms with Crippen LogP contribution in [0.25, 0.3) is 0 Å². The second-order valence-corrected chi connectivity index (χ2v) is 8.47. The van der Waals surface area contributed by atoms with Crippen LogP contribution in [-0.2, 0) is 16.4 Å². The summed E-state index contributed by atoms with van der Waals surface area (Å²) < 4.78 is 10.5. The van der Waals surface area contributed by atoms with Gasteiger partial charge in [-0.15, -0.1) is 0 Å². The molecular formula is C3H10NO2P2S2+. The molecule has 3 nitrogen and oxygen atoms in total. The molecule has 0 aromatic rings. The summed E-state index contributed by atoms with van der Waals surface area (Å²) in [6.07, 6.45) is -2.60. The summed E-state index contributed by atoms with van der Waals surface area (Å²) in [7, 11) is -1.83. The second kappa shape index (κ2) is 4.15. The largest absolute Gasteiger partial charge is 0.510 e. The van der Waals surface area contributed by atoms with Gasteiger partial charge in [-0.3, -0.25) is 0 Å². The number of nitrogens with one attached hydrogen (secondary N) is 1. The standard InChI is InChI=1S/C3H9NO2P2S2/c1-3(2)8(6,10)4-7(5)9/h3H,1-2H3,(H2-,4,5,6,9,10)/p+1. The molecule has 0 aromatic heterocycles. The summed E-state index contributed by atoms with van der Waals surface area (Å²) in [5.74, 6) is 0. The molecule has 2 unspecified atom stereocenters. The van der Waals surface area contributed by atoms with Gasteiger partial charge in [-0.2, -0.15) is 0 Å². The van der Waals surface area contributed by atoms with Crippen molar-refractivity contribution >= 4 is 37.6 Å². The van der Waals surface area contributed by atoms with Crippen LogP contribution < -0.4 is 4.86 Å². The molecule has 0 saturated heterocycles. The van der Waals surface area contributed by atoms with Crippen LogP contribution in [0, 0.1) is 0 Å². The molecule has 0 aliphatic carbocycles. The molecule has 0 bridgehead atoms. The highest BCUT2D eigenvalue weighted by atomic mass is 32.7. The third-order valence-corrected chi connectivity index (χ3v) is 6.96. The smallest absolute Gasteiger partial charge is 0.351 e. The predicted molar refractivity (Wildman–Crippen MR) is 51.4 cm³/mol. The Morgan fingerprint density at radius 3 is 2.30 bits per heavy atom. The molecule has 0 radical (unpaired) electrons. The summed E-state index contributed by atoms with van der Waals surface area (Å²) in [6.45, 7) is 3.56. The molecule has 0 rings (SSSR count). The Morgan fingerprint density at radius 1 is 1.80 bits per heavy atom. The number of hydrogen-bond acceptors (Lipinski definition) is 2. The molecule has 0 amide bonds. The lowest BCUT2D eigenvalue weighted by molar-refractivity contribution is 0.585. The molecule has 0 aliphatic heterocycles. The topological polar surface area (TPSA) is 49.3 Å². The maximum atomic E-state index is 10.5. The fourth-order valence-corrected chi connectivity index (χ4v) is 4.58. The summed E-state index contributed by atoms with van der Waals surface area (Å²) in [5.41, 5.74) is -0.0615. The second-order valence-electron chi connectivity index (χ2n) is 2.09. The quantitative estimate of drug-likeness (QED) is 0.500. The zero-order valence-electron chi connectivity index (χ0n) is 5.68. The van der Waals surface area contributed by atoms with Gasteiger partial charge in [0.1, 0.15) is 12.2 Å². The summed E-state index contributed by atoms with van der Waals surface area (Å²) in [6, 6.07) is 0. The maximum absolute atomic E-state index is 10.5. The Bertz CT molecular complexity index is 183. The normalized spacial score (nSPS) is 18.7. The molecule has 0 aromatic carbocycles. The lowest BCUT2D eigenvalue weighted by atomic mass is 10.6. The van der Waals surface area contributed by atoms with Crippen LogP contribution in [0.1, 0.15) is 13.8 Å². The molecule has 0 aliphatic rings. The first kappa shape index (κ1) is 11.0. The van der Waals surface area contributed by atoms with Crippen LogP contribution in [-0.4, -0.2) is 10.6 Å². The van der Waals surface area contributed by atoms with Crippen LogP contribution in [0.5, 0.6) is 0 Å². The number of rotatable bonds is 3. The van der Waals surface area contributed by atoms with Crippen molar-refractivity contribution in [1.29, 1.82) is 0 Å². The fraction of sp³-hybridized carbons (Fsp3) is 1.00. The van der Waals surface area contributed by atoms with Gasteiger partial charge in [-0.1, -0.05) is 13.8 Å². The van der Waals surface area contributed by atoms with E-state index in [0.717, 1.165) is 0 Å². The zero-order valence-corrected chi connectivity index (χ0v) is 9.18. The van der Waals surface area contributed by atoms with Gasteiger partial charge in [0.25, 0.3) is 0 Å². The summed E-state index contributed by atoms with van der Waals surface area (Å²) >= 11 is 8.35. The van der Waals surface area contributed by atoms with E-state index in [4.69, 9.17) is 11.8 Å². The minimum atomic E-state index is -2.60. The number of hydrogen-bond donors (Lipinski definition) is 3. The first-order chi connectivity index (χ1) is 4.36. The van der Waals surface area contributed by atoms with E-state index in [2.05, 4.69) is 17.1 Å². The maximum Gasteiger partial charge on any atom is 0.510 e. The van der Waals surface area contributed by atoms with E-state index in [1.807, 2.05) is 0 Å². The van der Waals surface area contributed by atoms with Crippen molar-refractivity contribution in [2.45, 2.75) is 19.5 Å². The van der Waals surface area contributed by atoms with Gasteiger partial charge >= 0.3 is 7.15 Å². The van der Waals surface area contributed by atoms with Crippen molar-refractivity contribution in [1.82, 2.24) is 4.86 Å². The van der Waals surface area contributed by atoms with E-state index in [-0.39, 0.29) is 5.66 Å². The molecule has 60 valence electrons. The van der Waals surface area contributed by atoms with Crippen molar-refractivity contribution in [3.63, 3.8) is 0 Å². The molecule has 0 fully saturated rings. The summed E-state index contributed by atoms with van der Waals surface area (Å²) in [5, 5.41) is 0. The monoisotopic (exact) mass is 218 g/mol. The van der Waals surface area contributed by atoms with E-state index in [1.165, 1.54) is 0 Å². The molecule has 2 atom stereocenters. The van der Waals surface area contributed by atoms with Crippen LogP contribution in [0.2, 0.25) is 0 Å². The van der Waals surface area contributed by atoms with Crippen molar-refractivity contribution in [2.75, 3.05) is 0 Å². The number of thiol groups is 1. The highest BCUT2D eigenvalue weighted by Gasteiger charge is 2.26. The van der Waals surface area contributed by atoms with E-state index in [0.29, 0.717) is 0 Å². The molecule has 10 heavy (non-hydrogen) atoms. The van der Waals surface area contributed by atoms with Crippen LogP contribution in [0.3, 0.4) is 0 Å². The van der Waals surface area contributed by atoms with Gasteiger partial charge in [0.15, 0.2) is 6.42 Å². The van der Waals surface area contributed by atoms with E-state index >= 15 is 0 Å². The molecular weight excluding hydrogens is 208 g/mol. The van der Waals surface area contributed by atoms with Gasteiger partial charge < -0.3 is 4.89 Å². The fourth-order valence-electron chi connectivity index (χ4n) is 0.238. The highest BCUT2D eigenvalue weighted by Crippen LogP contribution is 2.47. The van der Waals surface area contributed by atoms with Crippen LogP contribution in [0.4, 0.5) is 0 Å². The molecule has 7 heteroatoms. The van der Waals surface area contributed by atoms with Crippen LogP contribution >= 0.6 is 25.8 Å². The van der Waals surface area contributed by atoms with Gasteiger partial charge in [0.2, 0.25) is 0 Å². The van der Waals surface area contributed by atoms with E-state index in [1.54, 1.807) is 13.8 Å². The Balaban J connectivity index is 4.14. The van der Waals surface area contributed by atoms with Gasteiger partial charge in [-0.05, 0) is 21.2 Å². The zero-order chi connectivity index (χ0) is 8.36. The third-order valence-electron chi connectivity index (χ3n) is 0.929. The Hall–Kier alpha value is 1.02. The first-order valence-electron chi connectivity index (χ1n) is 2.63. The molecule has 0 spiro atoms. The third kappa shape index (κ3) is 4.02. The lowest BCUT2D eigenvalue weighted by Crippen LogP contribution is -2.07. The minimum absolute atomic E-state index is 0.0615. The molecule has 0 heterocycles. The average Bonchev–Trinajstić information content (AvgIpc) is 1.60. The van der Waals surface area contributed by atoms with Gasteiger partial charge in [-0.25, -0.2) is 0 Å². The van der Waals surface area contributed by atoms with E-state index in [9.17, 15) is 9.46 Å². The van der Waals surface area contributed by atoms with Crippen molar-refractivity contribution in [3.05, 3.63) is 0 Å². The van der Waals surface area contributed by atoms with Gasteiger partial charge in [0.05, 0.1) is 0 Å². The Kier molecular flexibility index (Phi) is 4.57. The van der Waals surface area contributed by atoms with Crippen molar-refractivity contribution in [2.24, 2.45) is 0 Å². The minimum Gasteiger partial charge on any atom is -0.351 e. The Labute approximate surface area is 71.7 Å². The van der Waals surface area contributed by atoms with Crippen molar-refractivity contribution < 1.29 is 9.46 Å². The average molecular weight is 218 g/mol. The predicted octanol–water partition coefficient (Wildman–Crippen LogP) is 1.87.